The van der Waals surface area contributed by atoms with Crippen molar-refractivity contribution in [3.8, 4) is 11.5 Å². The number of carbonyl (C=O) groups excluding carboxylic acids is 1. The number of ether oxygens (including phenoxy) is 4. The number of fused-ring (bicyclic) bond motifs is 1. The number of likely N-dealkylation sites (N-methyl/N-ethyl adjacent to an activating group) is 1. The largest absolute Gasteiger partial charge is 0.497 e. The summed E-state index contributed by atoms with van der Waals surface area (Å²) in [5.74, 6) is 0.406. The van der Waals surface area contributed by atoms with Gasteiger partial charge in [0.1, 0.15) is 22.2 Å². The highest BCUT2D eigenvalue weighted by atomic mass is 32.2. The average Bonchev–Trinajstić information content (AvgIpc) is 3.50. The van der Waals surface area contributed by atoms with Crippen LogP contribution in [0.4, 0.5) is 4.39 Å². The maximum atomic E-state index is 14.2. The molecule has 1 aliphatic heterocycles. The molecule has 2 heterocycles. The Kier molecular flexibility index (Phi) is 13.0. The van der Waals surface area contributed by atoms with Crippen LogP contribution in [0.3, 0.4) is 0 Å². The third kappa shape index (κ3) is 9.51. The second kappa shape index (κ2) is 16.7. The molecule has 3 aromatic rings. The summed E-state index contributed by atoms with van der Waals surface area (Å²) in [6, 6.07) is 13.9. The van der Waals surface area contributed by atoms with Crippen LogP contribution in [-0.4, -0.2) is 82.2 Å². The van der Waals surface area contributed by atoms with E-state index in [1.54, 1.807) is 12.0 Å². The van der Waals surface area contributed by atoms with Crippen LogP contribution in [0.1, 0.15) is 55.3 Å². The Hall–Kier alpha value is -3.03. The number of amides is 1. The van der Waals surface area contributed by atoms with E-state index in [-0.39, 0.29) is 42.0 Å². The highest BCUT2D eigenvalue weighted by Crippen LogP contribution is 2.30. The van der Waals surface area contributed by atoms with E-state index in [0.29, 0.717) is 30.4 Å². The maximum Gasteiger partial charge on any atom is 0.268 e. The summed E-state index contributed by atoms with van der Waals surface area (Å²) < 4.78 is 65.4. The average molecular weight is 677 g/mol. The zero-order valence-corrected chi connectivity index (χ0v) is 28.8. The van der Waals surface area contributed by atoms with Gasteiger partial charge in [-0.05, 0) is 86.5 Å². The van der Waals surface area contributed by atoms with Crippen LogP contribution >= 0.6 is 11.3 Å². The molecule has 46 heavy (non-hydrogen) atoms. The van der Waals surface area contributed by atoms with Crippen molar-refractivity contribution in [3.63, 3.8) is 0 Å². The summed E-state index contributed by atoms with van der Waals surface area (Å²) in [7, 11) is -0.784. The minimum Gasteiger partial charge on any atom is -0.497 e. The molecular weight excluding hydrogens is 632 g/mol. The lowest BCUT2D eigenvalue weighted by Gasteiger charge is -2.35. The first-order valence-electron chi connectivity index (χ1n) is 15.6. The minimum absolute atomic E-state index is 0.00333. The SMILES string of the molecule is COc1ccc(COC[C@H](C)N2C[C@@H](C)[C@H](CN(C)S(=O)(=O)c3ccc(F)cc3)OCCCC[C@H](C)Oc3ccsc3C2=O)cc1. The molecular formula is C34H45FN2O7S2. The quantitative estimate of drug-likeness (QED) is 0.251. The van der Waals surface area contributed by atoms with E-state index in [2.05, 4.69) is 0 Å². The molecule has 1 aliphatic rings. The van der Waals surface area contributed by atoms with Crippen LogP contribution in [-0.2, 0) is 26.1 Å². The molecule has 1 amide bonds. The zero-order chi connectivity index (χ0) is 33.3. The Morgan fingerprint density at radius 3 is 2.50 bits per heavy atom. The number of halogens is 1. The van der Waals surface area contributed by atoms with Gasteiger partial charge in [0.15, 0.2) is 0 Å². The van der Waals surface area contributed by atoms with Gasteiger partial charge in [-0.15, -0.1) is 11.3 Å². The lowest BCUT2D eigenvalue weighted by molar-refractivity contribution is -0.0119. The topological polar surface area (TPSA) is 94.6 Å². The Balaban J connectivity index is 1.56. The van der Waals surface area contributed by atoms with Gasteiger partial charge in [-0.25, -0.2) is 12.8 Å². The molecule has 0 aliphatic carbocycles. The molecule has 2 aromatic carbocycles. The van der Waals surface area contributed by atoms with E-state index < -0.39 is 21.9 Å². The van der Waals surface area contributed by atoms with Crippen molar-refractivity contribution in [2.45, 2.75) is 69.8 Å². The van der Waals surface area contributed by atoms with Crippen molar-refractivity contribution in [1.29, 1.82) is 0 Å². The lowest BCUT2D eigenvalue weighted by Crippen LogP contribution is -2.48. The molecule has 252 valence electrons. The van der Waals surface area contributed by atoms with E-state index in [0.717, 1.165) is 42.7 Å². The monoisotopic (exact) mass is 676 g/mol. The summed E-state index contributed by atoms with van der Waals surface area (Å²) in [6.45, 7) is 7.36. The molecule has 0 bridgehead atoms. The molecule has 12 heteroatoms. The molecule has 4 rings (SSSR count). The van der Waals surface area contributed by atoms with E-state index in [4.69, 9.17) is 18.9 Å². The number of hydrogen-bond acceptors (Lipinski definition) is 8. The van der Waals surface area contributed by atoms with Crippen LogP contribution in [0.2, 0.25) is 0 Å². The van der Waals surface area contributed by atoms with Crippen LogP contribution in [0.25, 0.3) is 0 Å². The highest BCUT2D eigenvalue weighted by Gasteiger charge is 2.33. The zero-order valence-electron chi connectivity index (χ0n) is 27.2. The first-order chi connectivity index (χ1) is 22.0. The van der Waals surface area contributed by atoms with Gasteiger partial charge in [0.25, 0.3) is 5.91 Å². The van der Waals surface area contributed by atoms with Gasteiger partial charge >= 0.3 is 0 Å². The standard InChI is InChI=1S/C34H45FN2O7S2/c1-24-20-37(25(2)22-42-23-27-9-13-29(41-5)14-10-27)34(38)33-31(17-19-45-33)44-26(3)8-6-7-18-43-32(24)21-36(4)46(39,40)30-15-11-28(35)12-16-30/h9-17,19,24-26,32H,6-8,18,20-23H2,1-5H3/t24-,25+,26+,32+/m1/s1. The summed E-state index contributed by atoms with van der Waals surface area (Å²) in [5, 5.41) is 1.86. The van der Waals surface area contributed by atoms with Gasteiger partial charge in [0.2, 0.25) is 10.0 Å². The number of sulfonamides is 1. The van der Waals surface area contributed by atoms with Crippen molar-refractivity contribution < 1.29 is 36.6 Å². The molecule has 4 atom stereocenters. The van der Waals surface area contributed by atoms with E-state index in [1.165, 1.54) is 34.8 Å². The Morgan fingerprint density at radius 1 is 1.09 bits per heavy atom. The number of hydrogen-bond donors (Lipinski definition) is 0. The first kappa shape index (κ1) is 35.8. The Morgan fingerprint density at radius 2 is 1.80 bits per heavy atom. The van der Waals surface area contributed by atoms with Gasteiger partial charge in [-0.1, -0.05) is 19.1 Å². The van der Waals surface area contributed by atoms with Crippen molar-refractivity contribution in [2.24, 2.45) is 5.92 Å². The lowest BCUT2D eigenvalue weighted by atomic mass is 10.0. The molecule has 1 aromatic heterocycles. The number of thiophene rings is 1. The summed E-state index contributed by atoms with van der Waals surface area (Å²) in [6.07, 6.45) is 1.81. The smallest absolute Gasteiger partial charge is 0.268 e. The first-order valence-corrected chi connectivity index (χ1v) is 17.9. The number of rotatable bonds is 10. The molecule has 0 saturated carbocycles. The third-order valence-electron chi connectivity index (χ3n) is 8.15. The fourth-order valence-electron chi connectivity index (χ4n) is 5.31. The normalized spacial score (nSPS) is 20.9. The molecule has 0 fully saturated rings. The van der Waals surface area contributed by atoms with Crippen molar-refractivity contribution in [2.75, 3.05) is 40.5 Å². The molecule has 0 N–H and O–H groups in total. The maximum absolute atomic E-state index is 14.2. The van der Waals surface area contributed by atoms with Gasteiger partial charge < -0.3 is 23.8 Å². The number of benzene rings is 2. The predicted octanol–water partition coefficient (Wildman–Crippen LogP) is 6.24. The van der Waals surface area contributed by atoms with Gasteiger partial charge in [0, 0.05) is 32.7 Å². The third-order valence-corrected chi connectivity index (χ3v) is 10.9. The number of methoxy groups -OCH3 is 1. The summed E-state index contributed by atoms with van der Waals surface area (Å²) in [4.78, 5) is 16.5. The van der Waals surface area contributed by atoms with Gasteiger partial charge in [-0.2, -0.15) is 4.31 Å². The van der Waals surface area contributed by atoms with Crippen LogP contribution in [0.5, 0.6) is 11.5 Å². The summed E-state index contributed by atoms with van der Waals surface area (Å²) >= 11 is 1.34. The molecule has 9 nitrogen and oxygen atoms in total. The van der Waals surface area contributed by atoms with Crippen LogP contribution in [0.15, 0.2) is 64.9 Å². The predicted molar refractivity (Wildman–Crippen MR) is 177 cm³/mol. The van der Waals surface area contributed by atoms with E-state index >= 15 is 0 Å². The Labute approximate surface area is 276 Å². The van der Waals surface area contributed by atoms with Gasteiger partial charge in [-0.3, -0.25) is 4.79 Å². The Bertz CT molecular complexity index is 1500. The fraction of sp³-hybridized carbons (Fsp3) is 0.500. The number of nitrogens with zero attached hydrogens (tertiary/aromatic N) is 2. The summed E-state index contributed by atoms with van der Waals surface area (Å²) in [5.41, 5.74) is 0.982. The van der Waals surface area contributed by atoms with Crippen molar-refractivity contribution in [1.82, 2.24) is 9.21 Å². The molecule has 0 saturated heterocycles. The van der Waals surface area contributed by atoms with Gasteiger partial charge in [0.05, 0.1) is 43.5 Å². The van der Waals surface area contributed by atoms with Crippen molar-refractivity contribution >= 4 is 27.3 Å². The number of carbonyl (C=O) groups is 1. The molecule has 0 spiro atoms. The van der Waals surface area contributed by atoms with Crippen molar-refractivity contribution in [3.05, 3.63) is 76.2 Å². The van der Waals surface area contributed by atoms with E-state index in [1.807, 2.05) is 56.5 Å². The second-order valence-electron chi connectivity index (χ2n) is 11.8. The van der Waals surface area contributed by atoms with E-state index in [9.17, 15) is 17.6 Å². The fourth-order valence-corrected chi connectivity index (χ4v) is 7.27. The molecule has 0 radical (unpaired) electrons. The molecule has 0 unspecified atom stereocenters. The highest BCUT2D eigenvalue weighted by molar-refractivity contribution is 7.89. The van der Waals surface area contributed by atoms with Crippen LogP contribution < -0.4 is 9.47 Å². The van der Waals surface area contributed by atoms with Crippen LogP contribution in [0, 0.1) is 11.7 Å². The second-order valence-corrected chi connectivity index (χ2v) is 14.8. The minimum atomic E-state index is -3.90.